The van der Waals surface area contributed by atoms with E-state index in [1.165, 1.54) is 5.56 Å². The number of nitrogens with zero attached hydrogens (tertiary/aromatic N) is 2. The van der Waals surface area contributed by atoms with Gasteiger partial charge in [-0.3, -0.25) is 4.79 Å². The smallest absolute Gasteiger partial charge is 0.244 e. The number of halogens is 1. The van der Waals surface area contributed by atoms with Gasteiger partial charge in [-0.1, -0.05) is 58.4 Å². The molecule has 126 valence electrons. The van der Waals surface area contributed by atoms with E-state index in [4.69, 9.17) is 0 Å². The van der Waals surface area contributed by atoms with E-state index in [1.54, 1.807) is 24.7 Å². The zero-order chi connectivity index (χ0) is 17.5. The number of carbonyl (C=O) groups is 1. The Kier molecular flexibility index (Phi) is 5.80. The number of carbonyl (C=O) groups excluding carboxylic acids is 1. The van der Waals surface area contributed by atoms with Crippen molar-refractivity contribution in [3.8, 4) is 0 Å². The SMILES string of the molecule is O=C(/C=C/c1ccccc1Br)NCc1ccc(Cn2ccnc2)cc1. The third kappa shape index (κ3) is 5.16. The Bertz CT molecular complexity index is 855. The second-order valence-electron chi connectivity index (χ2n) is 5.62. The molecule has 0 fully saturated rings. The maximum atomic E-state index is 12.0. The molecule has 0 atom stereocenters. The molecule has 0 spiro atoms. The molecule has 1 N–H and O–H groups in total. The summed E-state index contributed by atoms with van der Waals surface area (Å²) < 4.78 is 2.98. The first-order valence-corrected chi connectivity index (χ1v) is 8.74. The molecule has 0 radical (unpaired) electrons. The Balaban J connectivity index is 1.51. The van der Waals surface area contributed by atoms with Crippen molar-refractivity contribution in [3.05, 3.63) is 94.5 Å². The number of aromatic nitrogens is 2. The molecule has 0 unspecified atom stereocenters. The molecule has 1 amide bonds. The second kappa shape index (κ2) is 8.44. The third-order valence-corrected chi connectivity index (χ3v) is 4.46. The lowest BCUT2D eigenvalue weighted by atomic mass is 10.1. The summed E-state index contributed by atoms with van der Waals surface area (Å²) in [4.78, 5) is 16.0. The minimum absolute atomic E-state index is 0.113. The minimum Gasteiger partial charge on any atom is -0.348 e. The average Bonchev–Trinajstić information content (AvgIpc) is 3.13. The summed E-state index contributed by atoms with van der Waals surface area (Å²) in [6.07, 6.45) is 8.85. The first kappa shape index (κ1) is 17.2. The highest BCUT2D eigenvalue weighted by Crippen LogP contribution is 2.17. The maximum Gasteiger partial charge on any atom is 0.244 e. The van der Waals surface area contributed by atoms with Gasteiger partial charge in [0.05, 0.1) is 6.33 Å². The standard InChI is InChI=1S/C20H18BrN3O/c21-19-4-2-1-3-18(19)9-10-20(25)23-13-16-5-7-17(8-6-16)14-24-12-11-22-15-24/h1-12,15H,13-14H2,(H,23,25)/b10-9+. The molecule has 0 bridgehead atoms. The molecule has 4 nitrogen and oxygen atoms in total. The fraction of sp³-hybridized carbons (Fsp3) is 0.100. The Morgan fingerprint density at radius 2 is 1.88 bits per heavy atom. The van der Waals surface area contributed by atoms with Crippen molar-refractivity contribution in [1.29, 1.82) is 0 Å². The van der Waals surface area contributed by atoms with Crippen LogP contribution in [0.4, 0.5) is 0 Å². The number of amides is 1. The molecule has 0 aliphatic heterocycles. The minimum atomic E-state index is -0.113. The predicted molar refractivity (Wildman–Crippen MR) is 103 cm³/mol. The summed E-state index contributed by atoms with van der Waals surface area (Å²) in [5.74, 6) is -0.113. The van der Waals surface area contributed by atoms with Crippen molar-refractivity contribution >= 4 is 27.9 Å². The van der Waals surface area contributed by atoms with Gasteiger partial charge in [0.15, 0.2) is 0 Å². The van der Waals surface area contributed by atoms with Gasteiger partial charge >= 0.3 is 0 Å². The van der Waals surface area contributed by atoms with Crippen LogP contribution in [0.5, 0.6) is 0 Å². The first-order valence-electron chi connectivity index (χ1n) is 7.95. The number of hydrogen-bond acceptors (Lipinski definition) is 2. The molecule has 1 heterocycles. The highest BCUT2D eigenvalue weighted by molar-refractivity contribution is 9.10. The van der Waals surface area contributed by atoms with Gasteiger partial charge in [0, 0.05) is 36.0 Å². The van der Waals surface area contributed by atoms with E-state index in [-0.39, 0.29) is 5.91 Å². The summed E-state index contributed by atoms with van der Waals surface area (Å²) in [5, 5.41) is 2.90. The van der Waals surface area contributed by atoms with E-state index in [9.17, 15) is 4.79 Å². The topological polar surface area (TPSA) is 46.9 Å². The van der Waals surface area contributed by atoms with Crippen LogP contribution in [0.25, 0.3) is 6.08 Å². The molecule has 3 aromatic rings. The molecular formula is C20H18BrN3O. The van der Waals surface area contributed by atoms with Gasteiger partial charge in [0.2, 0.25) is 5.91 Å². The zero-order valence-electron chi connectivity index (χ0n) is 13.6. The van der Waals surface area contributed by atoms with E-state index in [0.29, 0.717) is 6.54 Å². The summed E-state index contributed by atoms with van der Waals surface area (Å²) in [5.41, 5.74) is 3.24. The van der Waals surface area contributed by atoms with Crippen LogP contribution in [0.1, 0.15) is 16.7 Å². The highest BCUT2D eigenvalue weighted by Gasteiger charge is 2.00. The van der Waals surface area contributed by atoms with Gasteiger partial charge in [-0.05, 0) is 28.8 Å². The van der Waals surface area contributed by atoms with Gasteiger partial charge < -0.3 is 9.88 Å². The van der Waals surface area contributed by atoms with Crippen molar-refractivity contribution in [2.24, 2.45) is 0 Å². The number of nitrogens with one attached hydrogen (secondary N) is 1. The van der Waals surface area contributed by atoms with Crippen molar-refractivity contribution in [1.82, 2.24) is 14.9 Å². The zero-order valence-corrected chi connectivity index (χ0v) is 15.2. The largest absolute Gasteiger partial charge is 0.348 e. The van der Waals surface area contributed by atoms with Crippen LogP contribution in [-0.4, -0.2) is 15.5 Å². The molecule has 25 heavy (non-hydrogen) atoms. The Morgan fingerprint density at radius 3 is 2.60 bits per heavy atom. The van der Waals surface area contributed by atoms with Gasteiger partial charge in [-0.2, -0.15) is 0 Å². The molecule has 0 saturated carbocycles. The van der Waals surface area contributed by atoms with Gasteiger partial charge in [0.25, 0.3) is 0 Å². The monoisotopic (exact) mass is 395 g/mol. The molecule has 1 aromatic heterocycles. The Labute approximate surface area is 155 Å². The van der Waals surface area contributed by atoms with Crippen molar-refractivity contribution in [3.63, 3.8) is 0 Å². The molecule has 0 aliphatic carbocycles. The Hall–Kier alpha value is -2.66. The number of rotatable bonds is 6. The second-order valence-corrected chi connectivity index (χ2v) is 6.48. The molecule has 0 saturated heterocycles. The van der Waals surface area contributed by atoms with Gasteiger partial charge in [-0.15, -0.1) is 0 Å². The summed E-state index contributed by atoms with van der Waals surface area (Å²) in [6.45, 7) is 1.30. The van der Waals surface area contributed by atoms with Crippen molar-refractivity contribution in [2.45, 2.75) is 13.1 Å². The predicted octanol–water partition coefficient (Wildman–Crippen LogP) is 4.02. The highest BCUT2D eigenvalue weighted by atomic mass is 79.9. The van der Waals surface area contributed by atoms with Gasteiger partial charge in [0.1, 0.15) is 0 Å². The lowest BCUT2D eigenvalue weighted by Gasteiger charge is -2.06. The van der Waals surface area contributed by atoms with Crippen LogP contribution in [-0.2, 0) is 17.9 Å². The third-order valence-electron chi connectivity index (χ3n) is 3.73. The Morgan fingerprint density at radius 1 is 1.12 bits per heavy atom. The number of imidazole rings is 1. The first-order chi connectivity index (χ1) is 12.2. The lowest BCUT2D eigenvalue weighted by Crippen LogP contribution is -2.20. The van der Waals surface area contributed by atoms with E-state index < -0.39 is 0 Å². The molecule has 5 heteroatoms. The van der Waals surface area contributed by atoms with Crippen LogP contribution < -0.4 is 5.32 Å². The quantitative estimate of drug-likeness (QED) is 0.640. The average molecular weight is 396 g/mol. The number of hydrogen-bond donors (Lipinski definition) is 1. The van der Waals surface area contributed by atoms with E-state index in [1.807, 2.05) is 47.2 Å². The summed E-state index contributed by atoms with van der Waals surface area (Å²) >= 11 is 3.46. The molecular weight excluding hydrogens is 378 g/mol. The van der Waals surface area contributed by atoms with Crippen molar-refractivity contribution in [2.75, 3.05) is 0 Å². The van der Waals surface area contributed by atoms with Crippen LogP contribution in [0.2, 0.25) is 0 Å². The fourth-order valence-corrected chi connectivity index (χ4v) is 2.79. The van der Waals surface area contributed by atoms with E-state index >= 15 is 0 Å². The van der Waals surface area contributed by atoms with Gasteiger partial charge in [-0.25, -0.2) is 4.98 Å². The molecule has 0 aliphatic rings. The maximum absolute atomic E-state index is 12.0. The lowest BCUT2D eigenvalue weighted by molar-refractivity contribution is -0.116. The van der Waals surface area contributed by atoms with Crippen LogP contribution in [0.15, 0.2) is 77.8 Å². The van der Waals surface area contributed by atoms with E-state index in [2.05, 4.69) is 38.4 Å². The van der Waals surface area contributed by atoms with Crippen LogP contribution in [0, 0.1) is 0 Å². The van der Waals surface area contributed by atoms with Crippen molar-refractivity contribution < 1.29 is 4.79 Å². The molecule has 3 rings (SSSR count). The molecule has 2 aromatic carbocycles. The van der Waals surface area contributed by atoms with Crippen LogP contribution in [0.3, 0.4) is 0 Å². The summed E-state index contributed by atoms with van der Waals surface area (Å²) in [6, 6.07) is 16.0. The van der Waals surface area contributed by atoms with E-state index in [0.717, 1.165) is 22.1 Å². The summed E-state index contributed by atoms with van der Waals surface area (Å²) in [7, 11) is 0. The normalized spacial score (nSPS) is 10.9. The number of benzene rings is 2. The fourth-order valence-electron chi connectivity index (χ4n) is 2.38. The van der Waals surface area contributed by atoms with Crippen LogP contribution >= 0.6 is 15.9 Å².